The molecule has 92 valence electrons. The van der Waals surface area contributed by atoms with Gasteiger partial charge in [-0.2, -0.15) is 0 Å². The summed E-state index contributed by atoms with van der Waals surface area (Å²) in [5.74, 6) is 0. The summed E-state index contributed by atoms with van der Waals surface area (Å²) in [5, 5.41) is 0. The molecule has 4 saturated heterocycles. The highest BCUT2D eigenvalue weighted by molar-refractivity contribution is 14.1. The number of halogens is 3. The van der Waals surface area contributed by atoms with Crippen molar-refractivity contribution in [1.82, 2.24) is 19.6 Å². The zero-order chi connectivity index (χ0) is 10.5. The first-order valence-corrected chi connectivity index (χ1v) is 6.63. The van der Waals surface area contributed by atoms with E-state index < -0.39 is 0 Å². The summed E-state index contributed by atoms with van der Waals surface area (Å²) in [7, 11) is 0. The zero-order valence-electron chi connectivity index (χ0n) is 8.85. The Hall–Kier alpha value is 0.890. The Balaban J connectivity index is 0.000000963. The van der Waals surface area contributed by atoms with E-state index in [1.807, 2.05) is 0 Å². The maximum atomic E-state index is 5.64. The highest BCUT2D eigenvalue weighted by Crippen LogP contribution is 2.41. The molecule has 0 aromatic carbocycles. The van der Waals surface area contributed by atoms with Crippen molar-refractivity contribution in [2.24, 2.45) is 0 Å². The highest BCUT2D eigenvalue weighted by Gasteiger charge is 2.51. The average molecular weight is 377 g/mol. The van der Waals surface area contributed by atoms with Gasteiger partial charge in [0.15, 0.2) is 0 Å². The normalized spacial score (nSPS) is 49.6. The second kappa shape index (κ2) is 4.87. The molecule has 16 heavy (non-hydrogen) atoms. The maximum absolute atomic E-state index is 5.64. The molecule has 4 aliphatic rings. The van der Waals surface area contributed by atoms with Crippen molar-refractivity contribution in [3.05, 3.63) is 11.6 Å². The molecule has 4 nitrogen and oxygen atoms in total. The Kier molecular flexibility index (Phi) is 4.06. The van der Waals surface area contributed by atoms with E-state index in [-0.39, 0.29) is 16.1 Å². The van der Waals surface area contributed by atoms with E-state index >= 15 is 0 Å². The van der Waals surface area contributed by atoms with E-state index in [1.54, 1.807) is 5.54 Å². The summed E-state index contributed by atoms with van der Waals surface area (Å²) in [6.07, 6.45) is 3.06. The monoisotopic (exact) mass is 376 g/mol. The van der Waals surface area contributed by atoms with E-state index in [0.29, 0.717) is 0 Å². The number of rotatable bonds is 2. The van der Waals surface area contributed by atoms with Gasteiger partial charge in [0.05, 0.1) is 33.3 Å². The third-order valence-corrected chi connectivity index (χ3v) is 5.30. The first-order valence-electron chi connectivity index (χ1n) is 5.11. The molecule has 0 amide bonds. The third-order valence-electron chi connectivity index (χ3n) is 3.32. The minimum absolute atomic E-state index is 0. The lowest BCUT2D eigenvalue weighted by molar-refractivity contribution is -0.236. The SMILES string of the molecule is Cl.ClC=CCC1(I)N2CN3CN(C2)CN1C3. The quantitative estimate of drug-likeness (QED) is 0.413. The van der Waals surface area contributed by atoms with Crippen LogP contribution in [0.15, 0.2) is 11.6 Å². The lowest BCUT2D eigenvalue weighted by Crippen LogP contribution is -2.79. The molecule has 4 rings (SSSR count). The van der Waals surface area contributed by atoms with E-state index in [9.17, 15) is 0 Å². The molecule has 4 bridgehead atoms. The Morgan fingerprint density at radius 2 is 1.56 bits per heavy atom. The second-order valence-corrected chi connectivity index (χ2v) is 6.39. The standard InChI is InChI=1S/C9H14ClIN4.ClH/c10-3-1-2-9(11)14-5-12-4-13(7-14)8-15(9)6-12;/h1,3H,2,4-8H2;1H. The van der Waals surface area contributed by atoms with Gasteiger partial charge in [-0.3, -0.25) is 19.6 Å². The van der Waals surface area contributed by atoms with Crippen molar-refractivity contribution in [3.8, 4) is 0 Å². The van der Waals surface area contributed by atoms with Gasteiger partial charge in [-0.15, -0.1) is 12.4 Å². The van der Waals surface area contributed by atoms with Crippen LogP contribution in [-0.2, 0) is 0 Å². The van der Waals surface area contributed by atoms with Crippen LogP contribution in [0.3, 0.4) is 0 Å². The van der Waals surface area contributed by atoms with Crippen LogP contribution in [0, 0.1) is 0 Å². The number of nitrogens with zero attached hydrogens (tertiary/aromatic N) is 4. The fraction of sp³-hybridized carbons (Fsp3) is 0.778. The fourth-order valence-corrected chi connectivity index (χ4v) is 3.65. The molecular formula is C9H15Cl2IN4. The summed E-state index contributed by atoms with van der Waals surface area (Å²) in [5.41, 5.74) is 1.63. The van der Waals surface area contributed by atoms with Crippen LogP contribution in [0.4, 0.5) is 0 Å². The zero-order valence-corrected chi connectivity index (χ0v) is 12.6. The number of hydrogen-bond acceptors (Lipinski definition) is 4. The Morgan fingerprint density at radius 3 is 2.00 bits per heavy atom. The largest absolute Gasteiger partial charge is 0.264 e. The van der Waals surface area contributed by atoms with Crippen molar-refractivity contribution in [2.75, 3.05) is 33.3 Å². The van der Waals surface area contributed by atoms with E-state index in [4.69, 9.17) is 11.6 Å². The highest BCUT2D eigenvalue weighted by atomic mass is 127. The van der Waals surface area contributed by atoms with E-state index in [2.05, 4.69) is 48.3 Å². The smallest absolute Gasteiger partial charge is 0.135 e. The van der Waals surface area contributed by atoms with Gasteiger partial charge in [-0.1, -0.05) is 17.7 Å². The van der Waals surface area contributed by atoms with E-state index in [0.717, 1.165) is 39.8 Å². The van der Waals surface area contributed by atoms with Crippen LogP contribution in [0.2, 0.25) is 0 Å². The summed E-state index contributed by atoms with van der Waals surface area (Å²) in [6.45, 7) is 5.49. The van der Waals surface area contributed by atoms with Crippen molar-refractivity contribution in [2.45, 2.75) is 10.1 Å². The summed E-state index contributed by atoms with van der Waals surface area (Å²) >= 11 is 8.21. The Labute approximate surface area is 121 Å². The van der Waals surface area contributed by atoms with Crippen molar-refractivity contribution < 1.29 is 0 Å². The lowest BCUT2D eigenvalue weighted by Gasteiger charge is -2.64. The molecule has 0 aromatic heterocycles. The molecule has 0 aromatic rings. The van der Waals surface area contributed by atoms with Crippen LogP contribution in [-0.4, -0.2) is 56.6 Å². The van der Waals surface area contributed by atoms with Crippen LogP contribution in [0.25, 0.3) is 0 Å². The van der Waals surface area contributed by atoms with Gasteiger partial charge >= 0.3 is 0 Å². The predicted molar refractivity (Wildman–Crippen MR) is 75.3 cm³/mol. The van der Waals surface area contributed by atoms with Crippen molar-refractivity contribution in [1.29, 1.82) is 0 Å². The molecule has 0 spiro atoms. The summed E-state index contributed by atoms with van der Waals surface area (Å²) in [6, 6.07) is 0. The fourth-order valence-electron chi connectivity index (χ4n) is 2.69. The molecule has 0 aliphatic carbocycles. The molecule has 0 N–H and O–H groups in total. The Bertz CT molecular complexity index is 271. The lowest BCUT2D eigenvalue weighted by atomic mass is 10.2. The number of alkyl halides is 1. The van der Waals surface area contributed by atoms with Gasteiger partial charge < -0.3 is 0 Å². The van der Waals surface area contributed by atoms with E-state index in [1.165, 1.54) is 0 Å². The second-order valence-electron chi connectivity index (χ2n) is 4.41. The molecule has 4 aliphatic heterocycles. The van der Waals surface area contributed by atoms with Crippen LogP contribution in [0.5, 0.6) is 0 Å². The van der Waals surface area contributed by atoms with Gasteiger partial charge in [-0.25, -0.2) is 0 Å². The molecular weight excluding hydrogens is 362 g/mol. The molecule has 0 atom stereocenters. The minimum atomic E-state index is 0. The molecule has 4 heterocycles. The molecule has 0 radical (unpaired) electrons. The van der Waals surface area contributed by atoms with Crippen LogP contribution in [0.1, 0.15) is 6.42 Å². The summed E-state index contributed by atoms with van der Waals surface area (Å²) < 4.78 is 0.135. The van der Waals surface area contributed by atoms with Crippen LogP contribution < -0.4 is 0 Å². The number of hydrogen-bond donors (Lipinski definition) is 0. The van der Waals surface area contributed by atoms with Gasteiger partial charge in [0, 0.05) is 12.0 Å². The molecule has 4 fully saturated rings. The first kappa shape index (κ1) is 13.3. The minimum Gasteiger partial charge on any atom is -0.264 e. The van der Waals surface area contributed by atoms with Gasteiger partial charge in [-0.05, 0) is 22.6 Å². The predicted octanol–water partition coefficient (Wildman–Crippen LogP) is 1.68. The average Bonchev–Trinajstić information content (AvgIpc) is 2.22. The van der Waals surface area contributed by atoms with Gasteiger partial charge in [0.1, 0.15) is 3.67 Å². The van der Waals surface area contributed by atoms with Gasteiger partial charge in [0.25, 0.3) is 0 Å². The molecule has 0 unspecified atom stereocenters. The topological polar surface area (TPSA) is 13.0 Å². The van der Waals surface area contributed by atoms with Crippen LogP contribution >= 0.6 is 46.6 Å². The van der Waals surface area contributed by atoms with Crippen molar-refractivity contribution in [3.63, 3.8) is 0 Å². The maximum Gasteiger partial charge on any atom is 0.135 e. The third kappa shape index (κ3) is 2.00. The van der Waals surface area contributed by atoms with Crippen molar-refractivity contribution >= 4 is 46.6 Å². The molecule has 0 saturated carbocycles. The summed E-state index contributed by atoms with van der Waals surface area (Å²) in [4.78, 5) is 9.96. The molecule has 7 heteroatoms. The Morgan fingerprint density at radius 1 is 1.06 bits per heavy atom. The van der Waals surface area contributed by atoms with Gasteiger partial charge in [0.2, 0.25) is 0 Å². The first-order chi connectivity index (χ1) is 7.22.